The number of hydrogen-bond acceptors (Lipinski definition) is 4. The zero-order valence-corrected chi connectivity index (χ0v) is 9.34. The molecule has 0 aliphatic heterocycles. The summed E-state index contributed by atoms with van der Waals surface area (Å²) in [7, 11) is 1.60. The Bertz CT molecular complexity index is 470. The van der Waals surface area contributed by atoms with Gasteiger partial charge >= 0.3 is 0 Å². The molecule has 0 saturated carbocycles. The standard InChI is InChI=1S/C11H12FN3O2/c1-16-6-7-17-11-4-5-15(14-11)10-3-2-9(12)8-13-10/h2-5,8H,6-7H2,1H3. The molecule has 2 rings (SSSR count). The molecule has 0 spiro atoms. The zero-order valence-electron chi connectivity index (χ0n) is 9.34. The first kappa shape index (κ1) is 11.5. The molecule has 0 amide bonds. The van der Waals surface area contributed by atoms with Crippen LogP contribution in [-0.4, -0.2) is 35.1 Å². The van der Waals surface area contributed by atoms with Crippen molar-refractivity contribution in [2.24, 2.45) is 0 Å². The summed E-state index contributed by atoms with van der Waals surface area (Å²) in [6.07, 6.45) is 2.84. The molecule has 0 N–H and O–H groups in total. The lowest BCUT2D eigenvalue weighted by Crippen LogP contribution is -2.05. The molecule has 0 aromatic carbocycles. The summed E-state index contributed by atoms with van der Waals surface area (Å²) < 4.78 is 24.4. The van der Waals surface area contributed by atoms with E-state index in [0.29, 0.717) is 24.9 Å². The minimum atomic E-state index is -0.377. The molecular formula is C11H12FN3O2. The Hall–Kier alpha value is -1.95. The first-order valence-electron chi connectivity index (χ1n) is 5.09. The van der Waals surface area contributed by atoms with Crippen molar-refractivity contribution in [2.75, 3.05) is 20.3 Å². The van der Waals surface area contributed by atoms with Gasteiger partial charge in [0.25, 0.3) is 0 Å². The molecule has 0 aliphatic rings. The highest BCUT2D eigenvalue weighted by Crippen LogP contribution is 2.10. The fourth-order valence-electron chi connectivity index (χ4n) is 1.24. The first-order valence-corrected chi connectivity index (χ1v) is 5.09. The van der Waals surface area contributed by atoms with Crippen LogP contribution >= 0.6 is 0 Å². The number of aromatic nitrogens is 3. The summed E-state index contributed by atoms with van der Waals surface area (Å²) in [5.41, 5.74) is 0. The second kappa shape index (κ2) is 5.40. The molecule has 2 aromatic rings. The number of halogens is 1. The van der Waals surface area contributed by atoms with Gasteiger partial charge in [-0.25, -0.2) is 14.1 Å². The van der Waals surface area contributed by atoms with Gasteiger partial charge in [0.2, 0.25) is 5.88 Å². The second-order valence-corrected chi connectivity index (χ2v) is 3.27. The number of pyridine rings is 1. The predicted molar refractivity (Wildman–Crippen MR) is 58.7 cm³/mol. The van der Waals surface area contributed by atoms with Crippen LogP contribution < -0.4 is 4.74 Å². The molecule has 0 atom stereocenters. The van der Waals surface area contributed by atoms with Crippen molar-refractivity contribution in [3.63, 3.8) is 0 Å². The lowest BCUT2D eigenvalue weighted by Gasteiger charge is -2.01. The zero-order chi connectivity index (χ0) is 12.1. The Kier molecular flexibility index (Phi) is 3.66. The quantitative estimate of drug-likeness (QED) is 0.738. The SMILES string of the molecule is COCCOc1ccn(-c2ccc(F)cn2)n1. The summed E-state index contributed by atoms with van der Waals surface area (Å²) in [6, 6.07) is 4.58. The molecule has 0 unspecified atom stereocenters. The first-order chi connectivity index (χ1) is 8.29. The van der Waals surface area contributed by atoms with Crippen LogP contribution in [0.15, 0.2) is 30.6 Å². The van der Waals surface area contributed by atoms with Gasteiger partial charge in [0.1, 0.15) is 12.4 Å². The third kappa shape index (κ3) is 3.01. The number of nitrogens with zero attached hydrogens (tertiary/aromatic N) is 3. The number of hydrogen-bond donors (Lipinski definition) is 0. The maximum atomic E-state index is 12.7. The normalized spacial score (nSPS) is 10.5. The molecule has 0 aliphatic carbocycles. The lowest BCUT2D eigenvalue weighted by atomic mass is 10.4. The molecular weight excluding hydrogens is 225 g/mol. The third-order valence-corrected chi connectivity index (χ3v) is 2.05. The summed E-state index contributed by atoms with van der Waals surface area (Å²) in [4.78, 5) is 3.90. The summed E-state index contributed by atoms with van der Waals surface area (Å²) in [5, 5.41) is 4.14. The van der Waals surface area contributed by atoms with E-state index in [-0.39, 0.29) is 5.82 Å². The van der Waals surface area contributed by atoms with Crippen molar-refractivity contribution in [3.05, 3.63) is 36.4 Å². The molecule has 5 nitrogen and oxygen atoms in total. The number of methoxy groups -OCH3 is 1. The average Bonchev–Trinajstić information content (AvgIpc) is 2.79. The van der Waals surface area contributed by atoms with Crippen molar-refractivity contribution in [1.29, 1.82) is 0 Å². The third-order valence-electron chi connectivity index (χ3n) is 2.05. The number of ether oxygens (including phenoxy) is 2. The molecule has 2 aromatic heterocycles. The van der Waals surface area contributed by atoms with Gasteiger partial charge in [-0.15, -0.1) is 5.10 Å². The number of rotatable bonds is 5. The smallest absolute Gasteiger partial charge is 0.233 e. The van der Waals surface area contributed by atoms with E-state index >= 15 is 0 Å². The molecule has 6 heteroatoms. The highest BCUT2D eigenvalue weighted by Gasteiger charge is 2.03. The van der Waals surface area contributed by atoms with Crippen LogP contribution in [0.25, 0.3) is 5.82 Å². The van der Waals surface area contributed by atoms with Crippen molar-refractivity contribution >= 4 is 0 Å². The summed E-state index contributed by atoms with van der Waals surface area (Å²) in [6.45, 7) is 0.937. The van der Waals surface area contributed by atoms with Gasteiger partial charge in [-0.05, 0) is 12.1 Å². The van der Waals surface area contributed by atoms with Crippen LogP contribution in [0.3, 0.4) is 0 Å². The monoisotopic (exact) mass is 237 g/mol. The van der Waals surface area contributed by atoms with Crippen molar-refractivity contribution in [3.8, 4) is 11.7 Å². The van der Waals surface area contributed by atoms with Gasteiger partial charge in [-0.3, -0.25) is 0 Å². The molecule has 2 heterocycles. The molecule has 0 radical (unpaired) electrons. The highest BCUT2D eigenvalue weighted by molar-refractivity contribution is 5.22. The van der Waals surface area contributed by atoms with Crippen molar-refractivity contribution < 1.29 is 13.9 Å². The Morgan fingerprint density at radius 1 is 1.29 bits per heavy atom. The fourth-order valence-corrected chi connectivity index (χ4v) is 1.24. The van der Waals surface area contributed by atoms with E-state index in [4.69, 9.17) is 9.47 Å². The Balaban J connectivity index is 2.04. The Labute approximate surface area is 97.8 Å². The summed E-state index contributed by atoms with van der Waals surface area (Å²) in [5.74, 6) is 0.638. The second-order valence-electron chi connectivity index (χ2n) is 3.27. The van der Waals surface area contributed by atoms with Gasteiger partial charge in [0.05, 0.1) is 12.8 Å². The molecule has 17 heavy (non-hydrogen) atoms. The van der Waals surface area contributed by atoms with Crippen LogP contribution in [0.4, 0.5) is 4.39 Å². The van der Waals surface area contributed by atoms with Crippen molar-refractivity contribution in [2.45, 2.75) is 0 Å². The minimum absolute atomic E-state index is 0.377. The van der Waals surface area contributed by atoms with Crippen LogP contribution in [0.1, 0.15) is 0 Å². The highest BCUT2D eigenvalue weighted by atomic mass is 19.1. The average molecular weight is 237 g/mol. The molecule has 0 saturated heterocycles. The topological polar surface area (TPSA) is 49.2 Å². The fraction of sp³-hybridized carbons (Fsp3) is 0.273. The van der Waals surface area contributed by atoms with E-state index in [9.17, 15) is 4.39 Å². The van der Waals surface area contributed by atoms with Crippen LogP contribution in [0.2, 0.25) is 0 Å². The van der Waals surface area contributed by atoms with Crippen LogP contribution in [0, 0.1) is 5.82 Å². The van der Waals surface area contributed by atoms with Crippen molar-refractivity contribution in [1.82, 2.24) is 14.8 Å². The van der Waals surface area contributed by atoms with E-state index in [0.717, 1.165) is 6.20 Å². The minimum Gasteiger partial charge on any atom is -0.474 e. The van der Waals surface area contributed by atoms with E-state index in [1.54, 1.807) is 25.4 Å². The lowest BCUT2D eigenvalue weighted by molar-refractivity contribution is 0.143. The Morgan fingerprint density at radius 3 is 2.88 bits per heavy atom. The van der Waals surface area contributed by atoms with E-state index in [1.165, 1.54) is 10.7 Å². The van der Waals surface area contributed by atoms with E-state index < -0.39 is 0 Å². The molecule has 0 bridgehead atoms. The van der Waals surface area contributed by atoms with Gasteiger partial charge in [0.15, 0.2) is 5.82 Å². The van der Waals surface area contributed by atoms with Crippen LogP contribution in [-0.2, 0) is 4.74 Å². The van der Waals surface area contributed by atoms with Gasteiger partial charge < -0.3 is 9.47 Å². The maximum Gasteiger partial charge on any atom is 0.233 e. The van der Waals surface area contributed by atoms with Gasteiger partial charge in [0, 0.05) is 19.4 Å². The van der Waals surface area contributed by atoms with Gasteiger partial charge in [-0.1, -0.05) is 0 Å². The van der Waals surface area contributed by atoms with E-state index in [1.807, 2.05) is 0 Å². The maximum absolute atomic E-state index is 12.7. The van der Waals surface area contributed by atoms with E-state index in [2.05, 4.69) is 10.1 Å². The molecule has 90 valence electrons. The Morgan fingerprint density at radius 2 is 2.18 bits per heavy atom. The largest absolute Gasteiger partial charge is 0.474 e. The molecule has 0 fully saturated rings. The predicted octanol–water partition coefficient (Wildman–Crippen LogP) is 1.43. The van der Waals surface area contributed by atoms with Crippen LogP contribution in [0.5, 0.6) is 5.88 Å². The summed E-state index contributed by atoms with van der Waals surface area (Å²) >= 11 is 0. The van der Waals surface area contributed by atoms with Gasteiger partial charge in [-0.2, -0.15) is 0 Å².